The number of hydrogen-bond acceptors (Lipinski definition) is 3. The molecule has 1 atom stereocenters. The summed E-state index contributed by atoms with van der Waals surface area (Å²) < 4.78 is 6.30. The Kier molecular flexibility index (Phi) is 8.55. The first-order valence-electron chi connectivity index (χ1n) is 14.0. The Labute approximate surface area is 244 Å². The van der Waals surface area contributed by atoms with Crippen molar-refractivity contribution < 1.29 is 14.6 Å². The van der Waals surface area contributed by atoms with Crippen LogP contribution in [0.15, 0.2) is 66.7 Å². The third-order valence-corrected chi connectivity index (χ3v) is 7.66. The molecular weight excluding hydrogens is 506 g/mol. The Hall–Kier alpha value is -4.15. The van der Waals surface area contributed by atoms with Gasteiger partial charge in [-0.05, 0) is 105 Å². The van der Waals surface area contributed by atoms with Crippen molar-refractivity contribution in [1.29, 1.82) is 0 Å². The lowest BCUT2D eigenvalue weighted by Gasteiger charge is -2.30. The molecule has 0 heterocycles. The summed E-state index contributed by atoms with van der Waals surface area (Å²) in [6.07, 6.45) is 2.68. The van der Waals surface area contributed by atoms with Crippen molar-refractivity contribution in [2.24, 2.45) is 0 Å². The summed E-state index contributed by atoms with van der Waals surface area (Å²) in [7, 11) is 0. The number of nitrogen functional groups attached to an aromatic ring is 1. The van der Waals surface area contributed by atoms with Gasteiger partial charge in [0.25, 0.3) is 0 Å². The van der Waals surface area contributed by atoms with Crippen LogP contribution < -0.4 is 5.73 Å². The third-order valence-electron chi connectivity index (χ3n) is 7.66. The molecule has 0 aromatic heterocycles. The normalized spacial score (nSPS) is 12.6. The molecule has 0 radical (unpaired) electrons. The summed E-state index contributed by atoms with van der Waals surface area (Å²) in [5, 5.41) is 10.6. The van der Waals surface area contributed by atoms with Crippen molar-refractivity contribution in [2.45, 2.75) is 67.1 Å². The van der Waals surface area contributed by atoms with E-state index in [9.17, 15) is 9.90 Å². The quantitative estimate of drug-likeness (QED) is 0.179. The predicted molar refractivity (Wildman–Crippen MR) is 172 cm³/mol. The van der Waals surface area contributed by atoms with Crippen molar-refractivity contribution in [3.8, 4) is 22.3 Å². The number of carboxylic acids is 1. The van der Waals surface area contributed by atoms with Gasteiger partial charge in [0.15, 0.2) is 6.10 Å². The Morgan fingerprint density at radius 2 is 1.32 bits per heavy atom. The van der Waals surface area contributed by atoms with Gasteiger partial charge in [0.1, 0.15) is 0 Å². The molecule has 0 aliphatic heterocycles. The number of nitrogens with two attached hydrogens (primary N) is 1. The largest absolute Gasteiger partial charge is 0.479 e. The van der Waals surface area contributed by atoms with E-state index in [0.717, 1.165) is 38.9 Å². The van der Waals surface area contributed by atoms with Gasteiger partial charge in [0, 0.05) is 22.4 Å². The molecule has 4 rings (SSSR count). The molecular formula is C37H41NO3. The lowest BCUT2D eigenvalue weighted by Crippen LogP contribution is -2.28. The number of ether oxygens (including phenoxy) is 1. The standard InChI is InChI=1S/C37H41NO3/c1-22-14-17-28(20-24(22)3)31-26(5)32(29-18-15-23(2)25(4)21-29)34(38)30(19-16-27-12-10-9-11-13-27)33(31)35(36(39)40)41-37(6,7)8/h9-21,35H,38H2,1-8H3,(H,39,40). The number of carboxylic acid groups (broad SMARTS) is 1. The van der Waals surface area contributed by atoms with Crippen LogP contribution in [0.2, 0.25) is 0 Å². The van der Waals surface area contributed by atoms with E-state index in [-0.39, 0.29) is 0 Å². The smallest absolute Gasteiger partial charge is 0.337 e. The fraction of sp³-hybridized carbons (Fsp3) is 0.270. The average molecular weight is 548 g/mol. The van der Waals surface area contributed by atoms with Crippen LogP contribution in [0.25, 0.3) is 34.4 Å². The van der Waals surface area contributed by atoms with Crippen LogP contribution in [-0.2, 0) is 9.53 Å². The van der Waals surface area contributed by atoms with Gasteiger partial charge in [-0.15, -0.1) is 0 Å². The fourth-order valence-corrected chi connectivity index (χ4v) is 5.26. The molecule has 41 heavy (non-hydrogen) atoms. The van der Waals surface area contributed by atoms with E-state index in [1.165, 1.54) is 16.7 Å². The van der Waals surface area contributed by atoms with Crippen molar-refractivity contribution in [1.82, 2.24) is 0 Å². The zero-order chi connectivity index (χ0) is 30.1. The summed E-state index contributed by atoms with van der Waals surface area (Å²) in [4.78, 5) is 13.0. The van der Waals surface area contributed by atoms with Crippen molar-refractivity contribution in [3.63, 3.8) is 0 Å². The maximum absolute atomic E-state index is 13.0. The third kappa shape index (κ3) is 6.44. The molecule has 4 aromatic carbocycles. The lowest BCUT2D eigenvalue weighted by atomic mass is 9.81. The number of rotatable bonds is 7. The van der Waals surface area contributed by atoms with Gasteiger partial charge in [-0.3, -0.25) is 0 Å². The maximum Gasteiger partial charge on any atom is 0.337 e. The maximum atomic E-state index is 13.0. The number of anilines is 1. The minimum atomic E-state index is -1.24. The number of aryl methyl sites for hydroxylation is 4. The van der Waals surface area contributed by atoms with E-state index < -0.39 is 17.7 Å². The summed E-state index contributed by atoms with van der Waals surface area (Å²) in [5.41, 5.74) is 18.3. The van der Waals surface area contributed by atoms with E-state index in [2.05, 4.69) is 64.1 Å². The molecule has 0 saturated heterocycles. The summed E-state index contributed by atoms with van der Waals surface area (Å²) in [6.45, 7) is 16.0. The molecule has 0 amide bonds. The van der Waals surface area contributed by atoms with Gasteiger partial charge in [0.05, 0.1) is 5.60 Å². The zero-order valence-corrected chi connectivity index (χ0v) is 25.4. The Bertz CT molecular complexity index is 1620. The predicted octanol–water partition coefficient (Wildman–Crippen LogP) is 9.26. The van der Waals surface area contributed by atoms with Crippen LogP contribution in [0.5, 0.6) is 0 Å². The molecule has 1 unspecified atom stereocenters. The molecule has 0 aliphatic carbocycles. The molecule has 0 aliphatic rings. The first-order chi connectivity index (χ1) is 19.3. The van der Waals surface area contributed by atoms with Gasteiger partial charge in [-0.1, -0.05) is 78.9 Å². The van der Waals surface area contributed by atoms with Gasteiger partial charge >= 0.3 is 5.97 Å². The van der Waals surface area contributed by atoms with Crippen molar-refractivity contribution in [2.75, 3.05) is 5.73 Å². The molecule has 4 aromatic rings. The fourth-order valence-electron chi connectivity index (χ4n) is 5.26. The second kappa shape index (κ2) is 11.8. The van der Waals surface area contributed by atoms with Gasteiger partial charge in [-0.25, -0.2) is 4.79 Å². The first-order valence-corrected chi connectivity index (χ1v) is 14.0. The van der Waals surface area contributed by atoms with Crippen LogP contribution >= 0.6 is 0 Å². The Balaban J connectivity index is 2.19. The molecule has 0 fully saturated rings. The second-order valence-corrected chi connectivity index (χ2v) is 11.9. The van der Waals surface area contributed by atoms with Crippen LogP contribution in [0.1, 0.15) is 71.4 Å². The minimum Gasteiger partial charge on any atom is -0.479 e. The second-order valence-electron chi connectivity index (χ2n) is 11.9. The van der Waals surface area contributed by atoms with E-state index in [4.69, 9.17) is 10.5 Å². The SMILES string of the molecule is Cc1ccc(-c2c(C)c(-c3ccc(C)c(C)c3)c(C(OC(C)(C)C)C(=O)O)c(C=Cc3ccccc3)c2N)cc1C. The highest BCUT2D eigenvalue weighted by atomic mass is 16.5. The number of aliphatic carboxylic acids is 1. The number of hydrogen-bond donors (Lipinski definition) is 2. The van der Waals surface area contributed by atoms with Crippen LogP contribution in [0, 0.1) is 34.6 Å². The first kappa shape index (κ1) is 29.8. The highest BCUT2D eigenvalue weighted by molar-refractivity contribution is 5.98. The molecule has 4 heteroatoms. The van der Waals surface area contributed by atoms with Crippen LogP contribution in [-0.4, -0.2) is 16.7 Å². The highest BCUT2D eigenvalue weighted by Gasteiger charge is 2.34. The molecule has 4 nitrogen and oxygen atoms in total. The topological polar surface area (TPSA) is 72.5 Å². The van der Waals surface area contributed by atoms with Crippen LogP contribution in [0.4, 0.5) is 5.69 Å². The van der Waals surface area contributed by atoms with Crippen LogP contribution in [0.3, 0.4) is 0 Å². The number of carbonyl (C=O) groups is 1. The van der Waals surface area contributed by atoms with E-state index >= 15 is 0 Å². The zero-order valence-electron chi connectivity index (χ0n) is 25.4. The van der Waals surface area contributed by atoms with Crippen molar-refractivity contribution >= 4 is 23.8 Å². The summed E-state index contributed by atoms with van der Waals surface area (Å²) >= 11 is 0. The summed E-state index contributed by atoms with van der Waals surface area (Å²) in [6, 6.07) is 22.6. The molecule has 212 valence electrons. The molecule has 0 spiro atoms. The van der Waals surface area contributed by atoms with Gasteiger partial charge in [0.2, 0.25) is 0 Å². The van der Waals surface area contributed by atoms with Gasteiger partial charge in [-0.2, -0.15) is 0 Å². The average Bonchev–Trinajstić information content (AvgIpc) is 2.90. The highest BCUT2D eigenvalue weighted by Crippen LogP contribution is 2.47. The minimum absolute atomic E-state index is 0.532. The van der Waals surface area contributed by atoms with E-state index in [1.807, 2.05) is 70.2 Å². The Morgan fingerprint density at radius 3 is 1.80 bits per heavy atom. The van der Waals surface area contributed by atoms with Gasteiger partial charge < -0.3 is 15.6 Å². The number of benzene rings is 4. The molecule has 0 saturated carbocycles. The van der Waals surface area contributed by atoms with Crippen molar-refractivity contribution in [3.05, 3.63) is 111 Å². The van der Waals surface area contributed by atoms with E-state index in [0.29, 0.717) is 16.8 Å². The molecule has 3 N–H and O–H groups in total. The Morgan fingerprint density at radius 1 is 0.780 bits per heavy atom. The lowest BCUT2D eigenvalue weighted by molar-refractivity contribution is -0.160. The monoisotopic (exact) mass is 547 g/mol. The molecule has 0 bridgehead atoms. The summed E-state index contributed by atoms with van der Waals surface area (Å²) in [5.74, 6) is -1.06. The van der Waals surface area contributed by atoms with E-state index in [1.54, 1.807) is 0 Å².